The van der Waals surface area contributed by atoms with Crippen molar-refractivity contribution in [1.82, 2.24) is 5.32 Å². The molecule has 1 fully saturated rings. The predicted molar refractivity (Wildman–Crippen MR) is 79.3 cm³/mol. The summed E-state index contributed by atoms with van der Waals surface area (Å²) in [4.78, 5) is 2.49. The van der Waals surface area contributed by atoms with Gasteiger partial charge in [0.05, 0.1) is 0 Å². The van der Waals surface area contributed by atoms with Crippen LogP contribution in [0.4, 0.5) is 5.69 Å². The first-order valence-corrected chi connectivity index (χ1v) is 7.20. The van der Waals surface area contributed by atoms with Crippen molar-refractivity contribution in [2.24, 2.45) is 0 Å². The van der Waals surface area contributed by atoms with Crippen LogP contribution in [0.15, 0.2) is 24.3 Å². The molecule has 1 aromatic rings. The second-order valence-corrected chi connectivity index (χ2v) is 6.00. The minimum Gasteiger partial charge on any atom is -0.368 e. The van der Waals surface area contributed by atoms with Crippen molar-refractivity contribution in [1.29, 1.82) is 0 Å². The van der Waals surface area contributed by atoms with E-state index in [2.05, 4.69) is 55.3 Å². The van der Waals surface area contributed by atoms with Crippen LogP contribution in [-0.4, -0.2) is 25.2 Å². The molecule has 1 aliphatic heterocycles. The highest BCUT2D eigenvalue weighted by molar-refractivity contribution is 5.48. The van der Waals surface area contributed by atoms with E-state index in [-0.39, 0.29) is 5.54 Å². The molecule has 0 aromatic heterocycles. The molecule has 0 bridgehead atoms. The number of rotatable bonds is 4. The SMILES string of the molecule is CCCCc1ccc(N2CCNC(C)(C)C2)cc1. The van der Waals surface area contributed by atoms with Gasteiger partial charge >= 0.3 is 0 Å². The minimum absolute atomic E-state index is 0.221. The topological polar surface area (TPSA) is 15.3 Å². The number of hydrogen-bond acceptors (Lipinski definition) is 2. The van der Waals surface area contributed by atoms with Crippen LogP contribution in [0.5, 0.6) is 0 Å². The van der Waals surface area contributed by atoms with Crippen LogP contribution < -0.4 is 10.2 Å². The van der Waals surface area contributed by atoms with E-state index in [0.29, 0.717) is 0 Å². The third-order valence-electron chi connectivity index (χ3n) is 3.69. The molecular weight excluding hydrogens is 220 g/mol. The van der Waals surface area contributed by atoms with Gasteiger partial charge in [-0.2, -0.15) is 0 Å². The molecule has 0 saturated carbocycles. The number of aryl methyl sites for hydroxylation is 1. The van der Waals surface area contributed by atoms with Gasteiger partial charge in [0.1, 0.15) is 0 Å². The average molecular weight is 246 g/mol. The van der Waals surface area contributed by atoms with Crippen LogP contribution in [0.25, 0.3) is 0 Å². The van der Waals surface area contributed by atoms with Crippen LogP contribution in [0.3, 0.4) is 0 Å². The lowest BCUT2D eigenvalue weighted by molar-refractivity contribution is 0.353. The van der Waals surface area contributed by atoms with Crippen molar-refractivity contribution in [3.63, 3.8) is 0 Å². The maximum absolute atomic E-state index is 3.56. The first-order chi connectivity index (χ1) is 8.61. The molecular formula is C16H26N2. The Labute approximate surface area is 111 Å². The van der Waals surface area contributed by atoms with Gasteiger partial charge in [-0.05, 0) is 44.4 Å². The lowest BCUT2D eigenvalue weighted by Gasteiger charge is -2.40. The third kappa shape index (κ3) is 3.49. The molecule has 0 amide bonds. The van der Waals surface area contributed by atoms with Crippen LogP contribution in [-0.2, 0) is 6.42 Å². The summed E-state index contributed by atoms with van der Waals surface area (Å²) in [6.07, 6.45) is 3.78. The third-order valence-corrected chi connectivity index (χ3v) is 3.69. The summed E-state index contributed by atoms with van der Waals surface area (Å²) in [5.41, 5.74) is 3.05. The van der Waals surface area contributed by atoms with Crippen LogP contribution in [0.2, 0.25) is 0 Å². The molecule has 1 N–H and O–H groups in total. The minimum atomic E-state index is 0.221. The van der Waals surface area contributed by atoms with Gasteiger partial charge < -0.3 is 10.2 Å². The van der Waals surface area contributed by atoms with E-state index in [1.54, 1.807) is 0 Å². The molecule has 0 atom stereocenters. The maximum atomic E-state index is 3.56. The summed E-state index contributed by atoms with van der Waals surface area (Å²) in [7, 11) is 0. The highest BCUT2D eigenvalue weighted by Gasteiger charge is 2.25. The fourth-order valence-electron chi connectivity index (χ4n) is 2.62. The first-order valence-electron chi connectivity index (χ1n) is 7.20. The Bertz CT molecular complexity index is 367. The lowest BCUT2D eigenvalue weighted by atomic mass is 10.0. The molecule has 0 unspecified atom stereocenters. The van der Waals surface area contributed by atoms with Gasteiger partial charge in [-0.1, -0.05) is 25.5 Å². The molecule has 1 aromatic carbocycles. The van der Waals surface area contributed by atoms with Gasteiger partial charge in [0.15, 0.2) is 0 Å². The fraction of sp³-hybridized carbons (Fsp3) is 0.625. The number of benzene rings is 1. The highest BCUT2D eigenvalue weighted by Crippen LogP contribution is 2.20. The molecule has 1 saturated heterocycles. The Hall–Kier alpha value is -1.02. The molecule has 0 aliphatic carbocycles. The van der Waals surface area contributed by atoms with Crippen molar-refractivity contribution in [2.75, 3.05) is 24.5 Å². The van der Waals surface area contributed by atoms with Gasteiger partial charge in [0, 0.05) is 30.9 Å². The normalized spacial score (nSPS) is 18.9. The monoisotopic (exact) mass is 246 g/mol. The number of hydrogen-bond donors (Lipinski definition) is 1. The van der Waals surface area contributed by atoms with Gasteiger partial charge in [0.25, 0.3) is 0 Å². The molecule has 1 heterocycles. The van der Waals surface area contributed by atoms with Gasteiger partial charge in [-0.3, -0.25) is 0 Å². The predicted octanol–water partition coefficient (Wildman–Crippen LogP) is 3.22. The molecule has 2 nitrogen and oxygen atoms in total. The largest absolute Gasteiger partial charge is 0.368 e. The number of anilines is 1. The van der Waals surface area contributed by atoms with Crippen LogP contribution in [0, 0.1) is 0 Å². The quantitative estimate of drug-likeness (QED) is 0.877. The van der Waals surface area contributed by atoms with Crippen molar-refractivity contribution in [2.45, 2.75) is 45.6 Å². The van der Waals surface area contributed by atoms with Gasteiger partial charge in [0.2, 0.25) is 0 Å². The van der Waals surface area contributed by atoms with Crippen molar-refractivity contribution in [3.8, 4) is 0 Å². The second-order valence-electron chi connectivity index (χ2n) is 6.00. The number of nitrogens with zero attached hydrogens (tertiary/aromatic N) is 1. The summed E-state index contributed by atoms with van der Waals surface area (Å²) in [5, 5.41) is 3.56. The highest BCUT2D eigenvalue weighted by atomic mass is 15.2. The van der Waals surface area contributed by atoms with Crippen molar-refractivity contribution in [3.05, 3.63) is 29.8 Å². The lowest BCUT2D eigenvalue weighted by Crippen LogP contribution is -2.57. The van der Waals surface area contributed by atoms with Gasteiger partial charge in [-0.15, -0.1) is 0 Å². The number of nitrogens with one attached hydrogen (secondary N) is 1. The summed E-state index contributed by atoms with van der Waals surface area (Å²) in [6.45, 7) is 10.1. The second kappa shape index (κ2) is 5.75. The average Bonchev–Trinajstić information content (AvgIpc) is 2.36. The number of unbranched alkanes of at least 4 members (excludes halogenated alkanes) is 1. The molecule has 0 radical (unpaired) electrons. The Morgan fingerprint density at radius 2 is 1.94 bits per heavy atom. The molecule has 2 heteroatoms. The Balaban J connectivity index is 2.00. The standard InChI is InChI=1S/C16H26N2/c1-4-5-6-14-7-9-15(10-8-14)18-12-11-17-16(2,3)13-18/h7-10,17H,4-6,11-13H2,1-3H3. The van der Waals surface area contributed by atoms with E-state index >= 15 is 0 Å². The molecule has 100 valence electrons. The Morgan fingerprint density at radius 3 is 2.56 bits per heavy atom. The zero-order valence-electron chi connectivity index (χ0n) is 12.0. The summed E-state index contributed by atoms with van der Waals surface area (Å²) in [6, 6.07) is 9.15. The van der Waals surface area contributed by atoms with E-state index in [1.807, 2.05) is 0 Å². The molecule has 1 aliphatic rings. The number of piperazine rings is 1. The van der Waals surface area contributed by atoms with Crippen LogP contribution >= 0.6 is 0 Å². The Kier molecular flexibility index (Phi) is 4.28. The summed E-state index contributed by atoms with van der Waals surface area (Å²) in [5.74, 6) is 0. The first kappa shape index (κ1) is 13.4. The summed E-state index contributed by atoms with van der Waals surface area (Å²) >= 11 is 0. The van der Waals surface area contributed by atoms with E-state index in [1.165, 1.54) is 30.5 Å². The van der Waals surface area contributed by atoms with Crippen LogP contribution in [0.1, 0.15) is 39.2 Å². The van der Waals surface area contributed by atoms with Crippen molar-refractivity contribution < 1.29 is 0 Å². The fourth-order valence-corrected chi connectivity index (χ4v) is 2.62. The maximum Gasteiger partial charge on any atom is 0.0367 e. The van der Waals surface area contributed by atoms with E-state index < -0.39 is 0 Å². The van der Waals surface area contributed by atoms with E-state index in [4.69, 9.17) is 0 Å². The van der Waals surface area contributed by atoms with E-state index in [9.17, 15) is 0 Å². The summed E-state index contributed by atoms with van der Waals surface area (Å²) < 4.78 is 0. The zero-order valence-corrected chi connectivity index (χ0v) is 12.0. The van der Waals surface area contributed by atoms with Crippen molar-refractivity contribution >= 4 is 5.69 Å². The molecule has 2 rings (SSSR count). The molecule has 18 heavy (non-hydrogen) atoms. The zero-order chi connectivity index (χ0) is 13.0. The Morgan fingerprint density at radius 1 is 1.22 bits per heavy atom. The smallest absolute Gasteiger partial charge is 0.0367 e. The van der Waals surface area contributed by atoms with E-state index in [0.717, 1.165) is 19.6 Å². The molecule has 0 spiro atoms. The van der Waals surface area contributed by atoms with Gasteiger partial charge in [-0.25, -0.2) is 0 Å².